The normalized spacial score (nSPS) is 10.9. The number of nitrogens with one attached hydrogen (secondary N) is 2. The first-order chi connectivity index (χ1) is 8.40. The molecule has 6 nitrogen and oxygen atoms in total. The van der Waals surface area contributed by atoms with Gasteiger partial charge in [0.05, 0.1) is 18.7 Å². The summed E-state index contributed by atoms with van der Waals surface area (Å²) in [7, 11) is 3.08. The Bertz CT molecular complexity index is 437. The highest BCUT2D eigenvalue weighted by Crippen LogP contribution is 2.22. The number of nitrogens with zero attached hydrogens (tertiary/aromatic N) is 2. The summed E-state index contributed by atoms with van der Waals surface area (Å²) in [4.78, 5) is 19.6. The molecule has 0 spiro atoms. The number of carbonyl (C=O) groups excluding carboxylic acids is 1. The number of rotatable bonds is 5. The molecule has 0 unspecified atom stereocenters. The van der Waals surface area contributed by atoms with Gasteiger partial charge in [0, 0.05) is 13.6 Å². The molecule has 0 bridgehead atoms. The van der Waals surface area contributed by atoms with Crippen LogP contribution in [0.25, 0.3) is 0 Å². The van der Waals surface area contributed by atoms with Crippen LogP contribution >= 0.6 is 11.6 Å². The van der Waals surface area contributed by atoms with Crippen LogP contribution in [0.1, 0.15) is 13.8 Å². The van der Waals surface area contributed by atoms with E-state index in [1.807, 2.05) is 13.8 Å². The van der Waals surface area contributed by atoms with Crippen LogP contribution in [0.4, 0.5) is 5.82 Å². The molecule has 7 heteroatoms. The fourth-order valence-electron chi connectivity index (χ4n) is 1.30. The zero-order valence-electron chi connectivity index (χ0n) is 10.9. The van der Waals surface area contributed by atoms with Crippen molar-refractivity contribution in [3.8, 4) is 6.01 Å². The highest BCUT2D eigenvalue weighted by atomic mass is 35.5. The Hall–Kier alpha value is -1.56. The van der Waals surface area contributed by atoms with Gasteiger partial charge in [0.1, 0.15) is 5.02 Å². The molecule has 0 saturated heterocycles. The van der Waals surface area contributed by atoms with Crippen LogP contribution in [0, 0.1) is 5.41 Å². The zero-order chi connectivity index (χ0) is 13.8. The summed E-state index contributed by atoms with van der Waals surface area (Å²) in [6, 6.07) is 0.222. The maximum absolute atomic E-state index is 11.6. The van der Waals surface area contributed by atoms with Gasteiger partial charge in [-0.1, -0.05) is 11.6 Å². The fraction of sp³-hybridized carbons (Fsp3) is 0.545. The predicted octanol–water partition coefficient (Wildman–Crippen LogP) is 1.32. The van der Waals surface area contributed by atoms with Crippen molar-refractivity contribution in [2.45, 2.75) is 13.8 Å². The quantitative estimate of drug-likeness (QED) is 0.846. The van der Waals surface area contributed by atoms with E-state index in [0.29, 0.717) is 17.4 Å². The Balaban J connectivity index is 2.77. The minimum Gasteiger partial charge on any atom is -0.467 e. The Morgan fingerprint density at radius 3 is 2.78 bits per heavy atom. The fourth-order valence-corrected chi connectivity index (χ4v) is 1.45. The van der Waals surface area contributed by atoms with Crippen molar-refractivity contribution in [1.29, 1.82) is 0 Å². The second-order valence-electron chi connectivity index (χ2n) is 4.37. The Morgan fingerprint density at radius 1 is 1.56 bits per heavy atom. The number of methoxy groups -OCH3 is 1. The second-order valence-corrected chi connectivity index (χ2v) is 4.78. The van der Waals surface area contributed by atoms with Crippen LogP contribution < -0.4 is 15.4 Å². The van der Waals surface area contributed by atoms with Crippen molar-refractivity contribution >= 4 is 23.3 Å². The number of amides is 1. The van der Waals surface area contributed by atoms with Gasteiger partial charge >= 0.3 is 6.01 Å². The van der Waals surface area contributed by atoms with E-state index in [2.05, 4.69) is 20.6 Å². The van der Waals surface area contributed by atoms with E-state index in [4.69, 9.17) is 16.3 Å². The third-order valence-electron chi connectivity index (χ3n) is 2.44. The van der Waals surface area contributed by atoms with E-state index in [1.54, 1.807) is 7.05 Å². The lowest BCUT2D eigenvalue weighted by atomic mass is 9.92. The van der Waals surface area contributed by atoms with Crippen molar-refractivity contribution < 1.29 is 9.53 Å². The number of carbonyl (C=O) groups is 1. The topological polar surface area (TPSA) is 76.1 Å². The van der Waals surface area contributed by atoms with Gasteiger partial charge in [-0.3, -0.25) is 4.79 Å². The number of hydrogen-bond acceptors (Lipinski definition) is 5. The first-order valence-corrected chi connectivity index (χ1v) is 5.81. The number of ether oxygens (including phenoxy) is 1. The minimum absolute atomic E-state index is 0.0628. The number of anilines is 1. The molecule has 0 aliphatic carbocycles. The summed E-state index contributed by atoms with van der Waals surface area (Å²) >= 11 is 5.95. The maximum Gasteiger partial charge on any atom is 0.318 e. The molecule has 0 aliphatic rings. The van der Waals surface area contributed by atoms with E-state index in [0.717, 1.165) is 0 Å². The molecule has 100 valence electrons. The second kappa shape index (κ2) is 5.86. The summed E-state index contributed by atoms with van der Waals surface area (Å²) in [5.41, 5.74) is -0.573. The molecule has 18 heavy (non-hydrogen) atoms. The molecule has 0 atom stereocenters. The molecule has 1 amide bonds. The minimum atomic E-state index is -0.573. The van der Waals surface area contributed by atoms with Crippen molar-refractivity contribution in [2.24, 2.45) is 5.41 Å². The Labute approximate surface area is 111 Å². The largest absolute Gasteiger partial charge is 0.467 e. The highest BCUT2D eigenvalue weighted by molar-refractivity contribution is 6.32. The summed E-state index contributed by atoms with van der Waals surface area (Å²) in [6.07, 6.45) is 1.45. The standard InChI is InChI=1S/C11H17ClN4O2/c1-11(2,9(17)13-3)6-15-8-7(12)5-14-10(16-8)18-4/h5H,6H2,1-4H3,(H,13,17)(H,14,15,16). The van der Waals surface area contributed by atoms with Gasteiger partial charge in [0.2, 0.25) is 5.91 Å². The first kappa shape index (κ1) is 14.5. The van der Waals surface area contributed by atoms with E-state index >= 15 is 0 Å². The molecule has 1 aromatic heterocycles. The van der Waals surface area contributed by atoms with Gasteiger partial charge in [0.15, 0.2) is 5.82 Å². The van der Waals surface area contributed by atoms with Gasteiger partial charge in [-0.15, -0.1) is 0 Å². The smallest absolute Gasteiger partial charge is 0.318 e. The van der Waals surface area contributed by atoms with E-state index in [9.17, 15) is 4.79 Å². The molecule has 2 N–H and O–H groups in total. The van der Waals surface area contributed by atoms with Crippen molar-refractivity contribution in [1.82, 2.24) is 15.3 Å². The van der Waals surface area contributed by atoms with Crippen molar-refractivity contribution in [3.05, 3.63) is 11.2 Å². The molecule has 1 aromatic rings. The van der Waals surface area contributed by atoms with Gasteiger partial charge in [-0.2, -0.15) is 4.98 Å². The zero-order valence-corrected chi connectivity index (χ0v) is 11.6. The predicted molar refractivity (Wildman–Crippen MR) is 69.9 cm³/mol. The number of hydrogen-bond donors (Lipinski definition) is 2. The Morgan fingerprint density at radius 2 is 2.22 bits per heavy atom. The third kappa shape index (κ3) is 3.46. The van der Waals surface area contributed by atoms with Gasteiger partial charge in [0.25, 0.3) is 0 Å². The van der Waals surface area contributed by atoms with Crippen LogP contribution in [0.3, 0.4) is 0 Å². The molecule has 0 radical (unpaired) electrons. The monoisotopic (exact) mass is 272 g/mol. The summed E-state index contributed by atoms with van der Waals surface area (Å²) in [5.74, 6) is 0.382. The lowest BCUT2D eigenvalue weighted by Gasteiger charge is -2.23. The molecule has 0 aromatic carbocycles. The third-order valence-corrected chi connectivity index (χ3v) is 2.72. The van der Waals surface area contributed by atoms with Crippen LogP contribution in [-0.2, 0) is 4.79 Å². The number of aromatic nitrogens is 2. The number of halogens is 1. The van der Waals surface area contributed by atoms with Gasteiger partial charge in [-0.25, -0.2) is 4.98 Å². The first-order valence-electron chi connectivity index (χ1n) is 5.43. The van der Waals surface area contributed by atoms with E-state index in [1.165, 1.54) is 13.3 Å². The van der Waals surface area contributed by atoms with Gasteiger partial charge < -0.3 is 15.4 Å². The van der Waals surface area contributed by atoms with Crippen molar-refractivity contribution in [2.75, 3.05) is 26.0 Å². The molecule has 0 fully saturated rings. The highest BCUT2D eigenvalue weighted by Gasteiger charge is 2.26. The average molecular weight is 273 g/mol. The summed E-state index contributed by atoms with van der Waals surface area (Å²) < 4.78 is 4.91. The SMILES string of the molecule is CNC(=O)C(C)(C)CNc1nc(OC)ncc1Cl. The molecular formula is C11H17ClN4O2. The Kier molecular flexibility index (Phi) is 4.72. The maximum atomic E-state index is 11.6. The lowest BCUT2D eigenvalue weighted by molar-refractivity contribution is -0.128. The van der Waals surface area contributed by atoms with Crippen LogP contribution in [0.5, 0.6) is 6.01 Å². The van der Waals surface area contributed by atoms with Crippen molar-refractivity contribution in [3.63, 3.8) is 0 Å². The van der Waals surface area contributed by atoms with Crippen LogP contribution in [0.2, 0.25) is 5.02 Å². The van der Waals surface area contributed by atoms with Crippen LogP contribution in [0.15, 0.2) is 6.20 Å². The summed E-state index contributed by atoms with van der Waals surface area (Å²) in [6.45, 7) is 4.04. The molecule has 1 rings (SSSR count). The molecule has 0 saturated carbocycles. The van der Waals surface area contributed by atoms with Gasteiger partial charge in [-0.05, 0) is 13.8 Å². The summed E-state index contributed by atoms with van der Waals surface area (Å²) in [5, 5.41) is 6.01. The molecule has 1 heterocycles. The average Bonchev–Trinajstić information content (AvgIpc) is 2.36. The molecular weight excluding hydrogens is 256 g/mol. The lowest BCUT2D eigenvalue weighted by Crippen LogP contribution is -2.39. The molecule has 0 aliphatic heterocycles. The van der Waals surface area contributed by atoms with E-state index < -0.39 is 5.41 Å². The van der Waals surface area contributed by atoms with Crippen LogP contribution in [-0.4, -0.2) is 36.6 Å². The van der Waals surface area contributed by atoms with E-state index in [-0.39, 0.29) is 11.9 Å².